The van der Waals surface area contributed by atoms with Gasteiger partial charge >= 0.3 is 0 Å². The first-order chi connectivity index (χ1) is 13.6. The molecule has 0 aliphatic carbocycles. The molecule has 0 saturated carbocycles. The molecular weight excluding hydrogens is 357 g/mol. The molecule has 1 fully saturated rings. The molecule has 0 aromatic heterocycles. The normalized spacial score (nSPS) is 18.5. The lowest BCUT2D eigenvalue weighted by molar-refractivity contribution is -0.132. The van der Waals surface area contributed by atoms with E-state index in [0.717, 1.165) is 0 Å². The zero-order valence-electron chi connectivity index (χ0n) is 14.7. The van der Waals surface area contributed by atoms with Gasteiger partial charge in [0.1, 0.15) is 11.6 Å². The van der Waals surface area contributed by atoms with Gasteiger partial charge in [0.15, 0.2) is 0 Å². The van der Waals surface area contributed by atoms with E-state index in [1.165, 1.54) is 23.1 Å². The molecule has 1 unspecified atom stereocenters. The lowest BCUT2D eigenvalue weighted by Gasteiger charge is -2.25. The summed E-state index contributed by atoms with van der Waals surface area (Å²) in [6.45, 7) is 0. The van der Waals surface area contributed by atoms with Crippen molar-refractivity contribution in [2.24, 2.45) is 0 Å². The van der Waals surface area contributed by atoms with Crippen molar-refractivity contribution in [1.29, 1.82) is 0 Å². The maximum absolute atomic E-state index is 13.8. The van der Waals surface area contributed by atoms with Crippen molar-refractivity contribution < 1.29 is 19.1 Å². The highest BCUT2D eigenvalue weighted by atomic mass is 19.1. The molecule has 4 rings (SSSR count). The second-order valence-corrected chi connectivity index (χ2v) is 6.43. The minimum atomic E-state index is -0.858. The maximum atomic E-state index is 13.8. The highest BCUT2D eigenvalue weighted by Crippen LogP contribution is 2.42. The van der Waals surface area contributed by atoms with Gasteiger partial charge in [-0.25, -0.2) is 4.39 Å². The fraction of sp³-hybridized carbons (Fsp3) is 0.0435. The standard InChI is InChI=1S/C23H16FNO3/c24-17-12-7-13-18(14-17)25-20(15-8-3-1-4-9-15)19(22(27)23(25)28)21(26)16-10-5-2-6-11-16/h1-14,20,26H/b21-19+. The minimum absolute atomic E-state index is 0.0216. The number of rotatable bonds is 3. The molecule has 3 aromatic carbocycles. The fourth-order valence-electron chi connectivity index (χ4n) is 3.43. The lowest BCUT2D eigenvalue weighted by Crippen LogP contribution is -2.29. The number of aliphatic hydroxyl groups excluding tert-OH is 1. The largest absolute Gasteiger partial charge is 0.507 e. The predicted molar refractivity (Wildman–Crippen MR) is 104 cm³/mol. The molecule has 0 radical (unpaired) electrons. The Morgan fingerprint density at radius 2 is 1.50 bits per heavy atom. The first-order valence-corrected chi connectivity index (χ1v) is 8.75. The Bertz CT molecular complexity index is 1080. The molecule has 0 bridgehead atoms. The number of aliphatic hydroxyl groups is 1. The fourth-order valence-corrected chi connectivity index (χ4v) is 3.43. The SMILES string of the molecule is O=C1C(=O)N(c2cccc(F)c2)C(c2ccccc2)/C1=C(\O)c1ccccc1. The molecule has 4 nitrogen and oxygen atoms in total. The molecule has 1 saturated heterocycles. The predicted octanol–water partition coefficient (Wildman–Crippen LogP) is 4.45. The van der Waals surface area contributed by atoms with Crippen LogP contribution < -0.4 is 4.90 Å². The van der Waals surface area contributed by atoms with Crippen LogP contribution in [0.3, 0.4) is 0 Å². The van der Waals surface area contributed by atoms with E-state index >= 15 is 0 Å². The minimum Gasteiger partial charge on any atom is -0.507 e. The van der Waals surface area contributed by atoms with Crippen LogP contribution in [0.2, 0.25) is 0 Å². The van der Waals surface area contributed by atoms with Crippen LogP contribution in [-0.4, -0.2) is 16.8 Å². The van der Waals surface area contributed by atoms with Crippen LogP contribution in [0.5, 0.6) is 0 Å². The van der Waals surface area contributed by atoms with Crippen LogP contribution in [0.4, 0.5) is 10.1 Å². The van der Waals surface area contributed by atoms with E-state index in [-0.39, 0.29) is 17.0 Å². The maximum Gasteiger partial charge on any atom is 0.300 e. The molecule has 1 amide bonds. The number of nitrogens with zero attached hydrogens (tertiary/aromatic N) is 1. The van der Waals surface area contributed by atoms with Crippen molar-refractivity contribution in [3.8, 4) is 0 Å². The number of hydrogen-bond donors (Lipinski definition) is 1. The van der Waals surface area contributed by atoms with Crippen LogP contribution in [0.1, 0.15) is 17.2 Å². The topological polar surface area (TPSA) is 57.6 Å². The molecule has 1 aliphatic heterocycles. The molecule has 28 heavy (non-hydrogen) atoms. The van der Waals surface area contributed by atoms with Gasteiger partial charge in [-0.2, -0.15) is 0 Å². The van der Waals surface area contributed by atoms with Gasteiger partial charge in [0.05, 0.1) is 11.6 Å². The van der Waals surface area contributed by atoms with Crippen molar-refractivity contribution in [1.82, 2.24) is 0 Å². The average molecular weight is 373 g/mol. The van der Waals surface area contributed by atoms with Gasteiger partial charge in [-0.15, -0.1) is 0 Å². The number of Topliss-reactive ketones (excluding diaryl/α,β-unsaturated/α-hetero) is 1. The van der Waals surface area contributed by atoms with Crippen molar-refractivity contribution in [2.75, 3.05) is 4.90 Å². The summed E-state index contributed by atoms with van der Waals surface area (Å²) in [4.78, 5) is 27.0. The summed E-state index contributed by atoms with van der Waals surface area (Å²) in [6.07, 6.45) is 0. The third-order valence-corrected chi connectivity index (χ3v) is 4.69. The zero-order chi connectivity index (χ0) is 19.7. The molecule has 1 aliphatic rings. The number of ketones is 1. The van der Waals surface area contributed by atoms with Crippen LogP contribution in [0.25, 0.3) is 5.76 Å². The Labute approximate surface area is 161 Å². The van der Waals surface area contributed by atoms with Crippen LogP contribution in [0, 0.1) is 5.82 Å². The van der Waals surface area contributed by atoms with Gasteiger partial charge in [-0.05, 0) is 23.8 Å². The summed E-state index contributed by atoms with van der Waals surface area (Å²) in [7, 11) is 0. The van der Waals surface area contributed by atoms with Crippen molar-refractivity contribution >= 4 is 23.1 Å². The average Bonchev–Trinajstić information content (AvgIpc) is 3.00. The smallest absolute Gasteiger partial charge is 0.300 e. The number of benzene rings is 3. The highest BCUT2D eigenvalue weighted by Gasteiger charge is 2.46. The van der Waals surface area contributed by atoms with Crippen molar-refractivity contribution in [2.45, 2.75) is 6.04 Å². The lowest BCUT2D eigenvalue weighted by atomic mass is 9.95. The zero-order valence-corrected chi connectivity index (χ0v) is 14.7. The monoisotopic (exact) mass is 373 g/mol. The van der Waals surface area contributed by atoms with E-state index in [4.69, 9.17) is 0 Å². The quantitative estimate of drug-likeness (QED) is 0.419. The molecular formula is C23H16FNO3. The Hall–Kier alpha value is -3.73. The van der Waals surface area contributed by atoms with Gasteiger partial charge in [0.25, 0.3) is 11.7 Å². The molecule has 1 heterocycles. The molecule has 3 aromatic rings. The van der Waals surface area contributed by atoms with Gasteiger partial charge in [0.2, 0.25) is 0 Å². The Balaban J connectivity index is 1.95. The number of halogens is 1. The van der Waals surface area contributed by atoms with Crippen LogP contribution in [0.15, 0.2) is 90.5 Å². The van der Waals surface area contributed by atoms with Gasteiger partial charge < -0.3 is 5.11 Å². The van der Waals surface area contributed by atoms with Gasteiger partial charge in [0, 0.05) is 11.3 Å². The molecule has 138 valence electrons. The van der Waals surface area contributed by atoms with Gasteiger partial charge in [-0.1, -0.05) is 66.7 Å². The van der Waals surface area contributed by atoms with E-state index in [1.54, 1.807) is 60.7 Å². The summed E-state index contributed by atoms with van der Waals surface area (Å²) >= 11 is 0. The number of carbonyl (C=O) groups is 2. The molecule has 5 heteroatoms. The highest BCUT2D eigenvalue weighted by molar-refractivity contribution is 6.51. The summed E-state index contributed by atoms with van der Waals surface area (Å²) in [6, 6.07) is 22.1. The second kappa shape index (κ2) is 7.12. The number of amides is 1. The van der Waals surface area contributed by atoms with Crippen LogP contribution >= 0.6 is 0 Å². The van der Waals surface area contributed by atoms with Crippen LogP contribution in [-0.2, 0) is 9.59 Å². The van der Waals surface area contributed by atoms with E-state index < -0.39 is 23.5 Å². The second-order valence-electron chi connectivity index (χ2n) is 6.43. The third-order valence-electron chi connectivity index (χ3n) is 4.69. The summed E-state index contributed by atoms with van der Waals surface area (Å²) < 4.78 is 13.8. The Morgan fingerprint density at radius 3 is 2.14 bits per heavy atom. The third kappa shape index (κ3) is 2.97. The van der Waals surface area contributed by atoms with E-state index in [0.29, 0.717) is 11.1 Å². The number of hydrogen-bond acceptors (Lipinski definition) is 3. The first-order valence-electron chi connectivity index (χ1n) is 8.75. The van der Waals surface area contributed by atoms with Crippen molar-refractivity contribution in [3.63, 3.8) is 0 Å². The molecule has 1 N–H and O–H groups in total. The Morgan fingerprint density at radius 1 is 0.857 bits per heavy atom. The summed E-state index contributed by atoms with van der Waals surface area (Å²) in [5.74, 6) is -2.39. The van der Waals surface area contributed by atoms with E-state index in [9.17, 15) is 19.1 Å². The molecule has 1 atom stereocenters. The van der Waals surface area contributed by atoms with E-state index in [2.05, 4.69) is 0 Å². The van der Waals surface area contributed by atoms with Crippen molar-refractivity contribution in [3.05, 3.63) is 107 Å². The number of carbonyl (C=O) groups excluding carboxylic acids is 2. The Kier molecular flexibility index (Phi) is 4.49. The molecule has 0 spiro atoms. The van der Waals surface area contributed by atoms with Gasteiger partial charge in [-0.3, -0.25) is 14.5 Å². The summed E-state index contributed by atoms with van der Waals surface area (Å²) in [5, 5.41) is 10.9. The first kappa shape index (κ1) is 17.7. The number of anilines is 1. The summed E-state index contributed by atoms with van der Waals surface area (Å²) in [5.41, 5.74) is 1.30. The van der Waals surface area contributed by atoms with E-state index in [1.807, 2.05) is 6.07 Å².